The smallest absolute Gasteiger partial charge is 0.176 e. The van der Waals surface area contributed by atoms with Crippen LogP contribution in [0, 0.1) is 5.92 Å². The van der Waals surface area contributed by atoms with Crippen LogP contribution in [0.15, 0.2) is 11.4 Å². The number of carbonyl (C=O) groups is 1. The Morgan fingerprint density at radius 3 is 2.95 bits per heavy atom. The van der Waals surface area contributed by atoms with Crippen molar-refractivity contribution in [1.29, 1.82) is 0 Å². The fourth-order valence-corrected chi connectivity index (χ4v) is 4.37. The molecule has 4 heteroatoms. The molecule has 2 aliphatic heterocycles. The molecule has 0 aliphatic carbocycles. The van der Waals surface area contributed by atoms with Crippen molar-refractivity contribution in [1.82, 2.24) is 0 Å². The van der Waals surface area contributed by atoms with Gasteiger partial charge in [0, 0.05) is 25.7 Å². The average molecular weight is 294 g/mol. The van der Waals surface area contributed by atoms with Crippen LogP contribution >= 0.6 is 11.3 Å². The maximum Gasteiger partial charge on any atom is 0.176 e. The van der Waals surface area contributed by atoms with Crippen LogP contribution in [0.3, 0.4) is 0 Å². The monoisotopic (exact) mass is 294 g/mol. The molecule has 0 N–H and O–H groups in total. The lowest BCUT2D eigenvalue weighted by molar-refractivity contribution is -0.142. The van der Waals surface area contributed by atoms with Crippen molar-refractivity contribution in [2.24, 2.45) is 5.92 Å². The maximum atomic E-state index is 12.8. The lowest BCUT2D eigenvalue weighted by Gasteiger charge is -2.42. The highest BCUT2D eigenvalue weighted by Crippen LogP contribution is 2.39. The second-order valence-corrected chi connectivity index (χ2v) is 6.74. The van der Waals surface area contributed by atoms with E-state index in [1.54, 1.807) is 11.3 Å². The van der Waals surface area contributed by atoms with E-state index < -0.39 is 0 Å². The van der Waals surface area contributed by atoms with Gasteiger partial charge >= 0.3 is 0 Å². The van der Waals surface area contributed by atoms with Gasteiger partial charge in [-0.15, -0.1) is 11.3 Å². The second kappa shape index (κ2) is 5.96. The molecule has 2 saturated heterocycles. The molecule has 110 valence electrons. The molecule has 0 bridgehead atoms. The third kappa shape index (κ3) is 2.69. The Morgan fingerprint density at radius 1 is 1.40 bits per heavy atom. The SMILES string of the molecule is CCc1ccsc1C(=O)C1CCOC2(CCOCC2)C1. The van der Waals surface area contributed by atoms with Crippen LogP contribution in [0.4, 0.5) is 0 Å². The predicted octanol–water partition coefficient (Wildman–Crippen LogP) is 3.47. The first-order valence-electron chi connectivity index (χ1n) is 7.56. The van der Waals surface area contributed by atoms with E-state index >= 15 is 0 Å². The molecule has 3 nitrogen and oxygen atoms in total. The van der Waals surface area contributed by atoms with E-state index in [0.29, 0.717) is 12.4 Å². The van der Waals surface area contributed by atoms with Crippen molar-refractivity contribution in [2.75, 3.05) is 19.8 Å². The van der Waals surface area contributed by atoms with Crippen LogP contribution in [0.2, 0.25) is 0 Å². The Labute approximate surface area is 124 Å². The summed E-state index contributed by atoms with van der Waals surface area (Å²) in [5.41, 5.74) is 1.10. The van der Waals surface area contributed by atoms with Crippen LogP contribution in [-0.4, -0.2) is 31.2 Å². The zero-order chi connectivity index (χ0) is 14.0. The zero-order valence-electron chi connectivity index (χ0n) is 12.0. The highest BCUT2D eigenvalue weighted by molar-refractivity contribution is 7.12. The van der Waals surface area contributed by atoms with Gasteiger partial charge in [0.1, 0.15) is 0 Å². The normalized spacial score (nSPS) is 25.8. The number of ether oxygens (including phenoxy) is 2. The predicted molar refractivity (Wildman–Crippen MR) is 79.5 cm³/mol. The van der Waals surface area contributed by atoms with Gasteiger partial charge in [-0.25, -0.2) is 0 Å². The Balaban J connectivity index is 1.75. The molecule has 1 spiro atoms. The second-order valence-electron chi connectivity index (χ2n) is 5.83. The third-order valence-corrected chi connectivity index (χ3v) is 5.59. The molecule has 3 heterocycles. The quantitative estimate of drug-likeness (QED) is 0.801. The van der Waals surface area contributed by atoms with Gasteiger partial charge in [0.25, 0.3) is 0 Å². The minimum Gasteiger partial charge on any atom is -0.381 e. The largest absolute Gasteiger partial charge is 0.381 e. The van der Waals surface area contributed by atoms with Crippen LogP contribution in [0.1, 0.15) is 47.8 Å². The van der Waals surface area contributed by atoms with E-state index in [2.05, 4.69) is 13.0 Å². The molecule has 0 saturated carbocycles. The van der Waals surface area contributed by atoms with Gasteiger partial charge in [-0.2, -0.15) is 0 Å². The fraction of sp³-hybridized carbons (Fsp3) is 0.688. The van der Waals surface area contributed by atoms with Crippen molar-refractivity contribution in [2.45, 2.75) is 44.6 Å². The molecule has 0 aromatic carbocycles. The maximum absolute atomic E-state index is 12.8. The molecule has 3 rings (SSSR count). The van der Waals surface area contributed by atoms with Gasteiger partial charge in [-0.3, -0.25) is 4.79 Å². The van der Waals surface area contributed by atoms with Crippen LogP contribution in [0.25, 0.3) is 0 Å². The van der Waals surface area contributed by atoms with Crippen molar-refractivity contribution in [3.05, 3.63) is 21.9 Å². The minimum atomic E-state index is -0.0968. The Kier molecular flexibility index (Phi) is 4.24. The molecular formula is C16H22O3S. The number of thiophene rings is 1. The van der Waals surface area contributed by atoms with Crippen molar-refractivity contribution in [3.63, 3.8) is 0 Å². The van der Waals surface area contributed by atoms with Gasteiger partial charge in [0.05, 0.1) is 10.5 Å². The number of aryl methyl sites for hydroxylation is 1. The molecule has 1 aromatic heterocycles. The minimum absolute atomic E-state index is 0.0968. The first-order valence-corrected chi connectivity index (χ1v) is 8.44. The molecule has 1 atom stereocenters. The van der Waals surface area contributed by atoms with Crippen molar-refractivity contribution < 1.29 is 14.3 Å². The van der Waals surface area contributed by atoms with E-state index in [-0.39, 0.29) is 11.5 Å². The van der Waals surface area contributed by atoms with E-state index in [1.807, 2.05) is 5.38 Å². The molecule has 1 aromatic rings. The van der Waals surface area contributed by atoms with E-state index in [9.17, 15) is 4.79 Å². The van der Waals surface area contributed by atoms with Gasteiger partial charge in [-0.1, -0.05) is 6.92 Å². The summed E-state index contributed by atoms with van der Waals surface area (Å²) in [5.74, 6) is 0.469. The number of hydrogen-bond donors (Lipinski definition) is 0. The molecular weight excluding hydrogens is 272 g/mol. The molecule has 20 heavy (non-hydrogen) atoms. The van der Waals surface area contributed by atoms with E-state index in [4.69, 9.17) is 9.47 Å². The Morgan fingerprint density at radius 2 is 2.20 bits per heavy atom. The lowest BCUT2D eigenvalue weighted by Crippen LogP contribution is -2.45. The molecule has 2 aliphatic rings. The van der Waals surface area contributed by atoms with Crippen molar-refractivity contribution >= 4 is 17.1 Å². The standard InChI is InChI=1S/C16H22O3S/c1-2-12-4-10-20-15(12)14(17)13-3-7-19-16(11-13)5-8-18-9-6-16/h4,10,13H,2-3,5-9,11H2,1H3. The van der Waals surface area contributed by atoms with E-state index in [1.165, 1.54) is 5.56 Å². The van der Waals surface area contributed by atoms with Crippen LogP contribution in [-0.2, 0) is 15.9 Å². The van der Waals surface area contributed by atoms with Gasteiger partial charge in [-0.05, 0) is 49.1 Å². The average Bonchev–Trinajstić information content (AvgIpc) is 2.96. The lowest BCUT2D eigenvalue weighted by atomic mass is 9.78. The summed E-state index contributed by atoms with van der Waals surface area (Å²) in [7, 11) is 0. The zero-order valence-corrected chi connectivity index (χ0v) is 12.8. The first kappa shape index (κ1) is 14.2. The fourth-order valence-electron chi connectivity index (χ4n) is 3.36. The summed E-state index contributed by atoms with van der Waals surface area (Å²) >= 11 is 1.60. The topological polar surface area (TPSA) is 35.5 Å². The van der Waals surface area contributed by atoms with Gasteiger partial charge in [0.2, 0.25) is 0 Å². The molecule has 0 radical (unpaired) electrons. The van der Waals surface area contributed by atoms with Crippen LogP contribution < -0.4 is 0 Å². The summed E-state index contributed by atoms with van der Waals surface area (Å²) in [6.45, 7) is 4.35. The summed E-state index contributed by atoms with van der Waals surface area (Å²) in [6.07, 6.45) is 4.54. The number of carbonyl (C=O) groups excluding carboxylic acids is 1. The van der Waals surface area contributed by atoms with Crippen LogP contribution in [0.5, 0.6) is 0 Å². The summed E-state index contributed by atoms with van der Waals surface area (Å²) in [6, 6.07) is 2.08. The number of rotatable bonds is 3. The summed E-state index contributed by atoms with van der Waals surface area (Å²) in [4.78, 5) is 13.8. The summed E-state index contributed by atoms with van der Waals surface area (Å²) < 4.78 is 11.5. The number of Topliss-reactive ketones (excluding diaryl/α,β-unsaturated/α-hetero) is 1. The van der Waals surface area contributed by atoms with Crippen molar-refractivity contribution in [3.8, 4) is 0 Å². The highest BCUT2D eigenvalue weighted by atomic mass is 32.1. The molecule has 1 unspecified atom stereocenters. The Hall–Kier alpha value is -0.710. The number of hydrogen-bond acceptors (Lipinski definition) is 4. The van der Waals surface area contributed by atoms with Gasteiger partial charge < -0.3 is 9.47 Å². The molecule has 0 amide bonds. The van der Waals surface area contributed by atoms with Gasteiger partial charge in [0.15, 0.2) is 5.78 Å². The summed E-state index contributed by atoms with van der Waals surface area (Å²) in [5, 5.41) is 2.04. The number of ketones is 1. The third-order valence-electron chi connectivity index (χ3n) is 4.62. The molecule has 2 fully saturated rings. The highest BCUT2D eigenvalue weighted by Gasteiger charge is 2.41. The van der Waals surface area contributed by atoms with E-state index in [0.717, 1.165) is 50.2 Å². The Bertz CT molecular complexity index is 468. The first-order chi connectivity index (χ1) is 9.74.